The molecule has 0 fully saturated rings. The van der Waals surface area contributed by atoms with Crippen molar-refractivity contribution in [3.63, 3.8) is 0 Å². The molecule has 0 saturated heterocycles. The van der Waals surface area contributed by atoms with E-state index in [0.717, 1.165) is 70.0 Å². The van der Waals surface area contributed by atoms with Crippen molar-refractivity contribution in [3.8, 4) is 11.3 Å². The molecule has 4 nitrogen and oxygen atoms in total. The third-order valence-corrected chi connectivity index (χ3v) is 10.6. The van der Waals surface area contributed by atoms with E-state index in [0.29, 0.717) is 11.1 Å². The molecule has 4 rings (SSSR count). The average molecular weight is 846 g/mol. The van der Waals surface area contributed by atoms with Crippen molar-refractivity contribution in [2.75, 3.05) is 0 Å². The van der Waals surface area contributed by atoms with Crippen LogP contribution in [0.3, 0.4) is 0 Å². The number of allylic oxidation sites excluding steroid dienone is 2. The molecule has 1 radical (unpaired) electrons. The number of aryl methyl sites for hydroxylation is 3. The van der Waals surface area contributed by atoms with Crippen molar-refractivity contribution >= 4 is 27.5 Å². The zero-order valence-electron chi connectivity index (χ0n) is 32.3. The Labute approximate surface area is 308 Å². The van der Waals surface area contributed by atoms with Gasteiger partial charge < -0.3 is 5.11 Å². The fourth-order valence-corrected chi connectivity index (χ4v) is 5.87. The number of aliphatic hydroxyl groups excluding tert-OH is 1. The number of hydrogen-bond donors (Lipinski definition) is 1. The van der Waals surface area contributed by atoms with Gasteiger partial charge in [-0.25, -0.2) is 9.37 Å². The Morgan fingerprint density at radius 1 is 0.898 bits per heavy atom. The average Bonchev–Trinajstić information content (AvgIpc) is 3.04. The number of rotatable bonds is 9. The Morgan fingerprint density at radius 3 is 1.98 bits per heavy atom. The number of carbonyl (C=O) groups is 1. The summed E-state index contributed by atoms with van der Waals surface area (Å²) in [5.74, 6) is 1.04. The quantitative estimate of drug-likeness (QED) is 0.0789. The number of halogens is 1. The van der Waals surface area contributed by atoms with E-state index in [1.165, 1.54) is 11.6 Å². The van der Waals surface area contributed by atoms with Gasteiger partial charge in [-0.1, -0.05) is 95.2 Å². The van der Waals surface area contributed by atoms with Gasteiger partial charge in [0.15, 0.2) is 5.78 Å². The van der Waals surface area contributed by atoms with Crippen molar-refractivity contribution in [2.45, 2.75) is 134 Å². The molecule has 0 aliphatic heterocycles. The summed E-state index contributed by atoms with van der Waals surface area (Å²) in [4.78, 5) is 22.1. The molecule has 1 heterocycles. The van der Waals surface area contributed by atoms with Crippen LogP contribution in [0.5, 0.6) is 0 Å². The molecule has 0 saturated carbocycles. The second-order valence-corrected chi connectivity index (χ2v) is 15.4. The minimum Gasteiger partial charge on any atom is -0.512 e. The zero-order valence-corrected chi connectivity index (χ0v) is 34.7. The van der Waals surface area contributed by atoms with Gasteiger partial charge in [-0.15, -0.1) is 34.9 Å². The van der Waals surface area contributed by atoms with E-state index in [1.54, 1.807) is 0 Å². The number of aromatic nitrogens is 2. The maximum atomic E-state index is 14.9. The molecule has 49 heavy (non-hydrogen) atoms. The molecule has 0 aliphatic carbocycles. The van der Waals surface area contributed by atoms with Crippen LogP contribution in [-0.2, 0) is 30.3 Å². The number of benzene rings is 3. The largest absolute Gasteiger partial charge is 0.512 e. The van der Waals surface area contributed by atoms with Crippen LogP contribution < -0.4 is 0 Å². The first-order valence-corrected chi connectivity index (χ1v) is 17.7. The predicted octanol–water partition coefficient (Wildman–Crippen LogP) is 12.4. The Bertz CT molecular complexity index is 1830. The number of hydrogen-bond acceptors (Lipinski definition) is 4. The molecule has 0 aliphatic rings. The molecule has 0 amide bonds. The van der Waals surface area contributed by atoms with Crippen molar-refractivity contribution in [1.82, 2.24) is 9.97 Å². The summed E-state index contributed by atoms with van der Waals surface area (Å²) in [6.07, 6.45) is 4.75. The first-order chi connectivity index (χ1) is 22.3. The minimum absolute atomic E-state index is 0. The third kappa shape index (κ3) is 9.05. The molecule has 0 spiro atoms. The maximum absolute atomic E-state index is 14.9. The number of carbonyl (C=O) groups excluding carboxylic acids is 1. The van der Waals surface area contributed by atoms with Gasteiger partial charge in [0.25, 0.3) is 0 Å². The monoisotopic (exact) mass is 846 g/mol. The molecule has 3 aromatic carbocycles. The molecule has 0 bridgehead atoms. The Balaban J connectivity index is 0.000000398. The van der Waals surface area contributed by atoms with Crippen LogP contribution in [0.15, 0.2) is 42.2 Å². The van der Waals surface area contributed by atoms with Gasteiger partial charge in [-0.3, -0.25) is 9.78 Å². The summed E-state index contributed by atoms with van der Waals surface area (Å²) < 4.78 is 14.9. The molecule has 269 valence electrons. The van der Waals surface area contributed by atoms with Crippen LogP contribution in [-0.4, -0.2) is 20.9 Å². The van der Waals surface area contributed by atoms with Crippen molar-refractivity contribution < 1.29 is 34.4 Å². The Hall–Kier alpha value is -2.95. The molecule has 0 atom stereocenters. The molecule has 6 heteroatoms. The Kier molecular flexibility index (Phi) is 14.1. The van der Waals surface area contributed by atoms with Crippen LogP contribution >= 0.6 is 0 Å². The summed E-state index contributed by atoms with van der Waals surface area (Å²) in [6.45, 7) is 28.6. The van der Waals surface area contributed by atoms with Gasteiger partial charge in [0.1, 0.15) is 17.4 Å². The fraction of sp³-hybridized carbons (Fsp3) is 0.512. The van der Waals surface area contributed by atoms with Gasteiger partial charge in [-0.05, 0) is 78.6 Å². The predicted molar refractivity (Wildman–Crippen MR) is 201 cm³/mol. The van der Waals surface area contributed by atoms with E-state index in [9.17, 15) is 14.3 Å². The summed E-state index contributed by atoms with van der Waals surface area (Å²) >= 11 is 0. The van der Waals surface area contributed by atoms with E-state index in [4.69, 9.17) is 9.97 Å². The number of ketones is 1. The zero-order chi connectivity index (χ0) is 36.4. The number of fused-ring (bicyclic) bond motifs is 3. The second-order valence-electron chi connectivity index (χ2n) is 15.4. The summed E-state index contributed by atoms with van der Waals surface area (Å²) in [7, 11) is 0. The maximum Gasteiger partial charge on any atom is 0.164 e. The van der Waals surface area contributed by atoms with Crippen molar-refractivity contribution in [1.29, 1.82) is 0 Å². The molecule has 1 N–H and O–H groups in total. The van der Waals surface area contributed by atoms with Crippen molar-refractivity contribution in [3.05, 3.63) is 82.1 Å². The SMILES string of the molecule is CCC(C)(CC)C(=O)/C=C(\O)C(C)(CC)CC.Cc1[c-]c(-c2nc(C(C)C)nc3c2ccc2cc(C)c(F)c(C)c23)cc(C(C)(C)C)c1.[Ir]. The van der Waals surface area contributed by atoms with Gasteiger partial charge in [-0.2, -0.15) is 0 Å². The first-order valence-electron chi connectivity index (χ1n) is 17.7. The van der Waals surface area contributed by atoms with Crippen LogP contribution in [0.4, 0.5) is 4.39 Å². The Morgan fingerprint density at radius 2 is 1.47 bits per heavy atom. The summed E-state index contributed by atoms with van der Waals surface area (Å²) in [5.41, 5.74) is 5.68. The van der Waals surface area contributed by atoms with Gasteiger partial charge in [0.2, 0.25) is 0 Å². The van der Waals surface area contributed by atoms with Crippen LogP contribution in [0, 0.1) is 43.5 Å². The third-order valence-electron chi connectivity index (χ3n) is 10.6. The van der Waals surface area contributed by atoms with E-state index in [1.807, 2.05) is 61.5 Å². The molecule has 0 unspecified atom stereocenters. The minimum atomic E-state index is -0.337. The first kappa shape index (κ1) is 42.2. The van der Waals surface area contributed by atoms with Crippen LogP contribution in [0.25, 0.3) is 32.9 Å². The summed E-state index contributed by atoms with van der Waals surface area (Å²) in [5, 5.41) is 12.9. The van der Waals surface area contributed by atoms with Gasteiger partial charge in [0.05, 0.1) is 5.52 Å². The number of aliphatic hydroxyl groups is 1. The fourth-order valence-electron chi connectivity index (χ4n) is 5.87. The molecular formula is C43H58FIrN2O2-. The van der Waals surface area contributed by atoms with E-state index >= 15 is 0 Å². The molecule has 1 aromatic heterocycles. The summed E-state index contributed by atoms with van der Waals surface area (Å²) in [6, 6.07) is 13.9. The van der Waals surface area contributed by atoms with E-state index < -0.39 is 0 Å². The number of nitrogens with zero attached hydrogens (tertiary/aromatic N) is 2. The topological polar surface area (TPSA) is 63.1 Å². The van der Waals surface area contributed by atoms with Crippen LogP contribution in [0.2, 0.25) is 0 Å². The van der Waals surface area contributed by atoms with Gasteiger partial charge >= 0.3 is 0 Å². The molecular weight excluding hydrogens is 788 g/mol. The van der Waals surface area contributed by atoms with Gasteiger partial charge in [0, 0.05) is 48.3 Å². The molecule has 4 aromatic rings. The standard InChI is InChI=1S/C28H30FN2.C15H28O2.Ir/c1-15(2)27-30-25(20-11-16(3)12-21(14-20)28(6,7)8)22-10-9-19-13-17(4)24(29)18(5)23(19)26(22)31-27;1-7-14(5,8-2)12(16)11-13(17)15(6,9-3)10-4;/h9-10,12-15H,1-8H3;11,16H,7-10H2,1-6H3;/q-1;;/b;12-11-;. The van der Waals surface area contributed by atoms with Crippen LogP contribution in [0.1, 0.15) is 136 Å². The van der Waals surface area contributed by atoms with E-state index in [2.05, 4.69) is 71.9 Å². The second kappa shape index (κ2) is 16.4. The van der Waals surface area contributed by atoms with Crippen molar-refractivity contribution in [2.24, 2.45) is 10.8 Å². The normalized spacial score (nSPS) is 12.6. The van der Waals surface area contributed by atoms with E-state index in [-0.39, 0.29) is 59.6 Å². The smallest absolute Gasteiger partial charge is 0.164 e.